The molecule has 0 amide bonds. The first-order valence-corrected chi connectivity index (χ1v) is 6.69. The molecule has 1 aromatic carbocycles. The molecule has 1 aliphatic heterocycles. The van der Waals surface area contributed by atoms with Crippen molar-refractivity contribution in [3.63, 3.8) is 0 Å². The average molecular weight is 262 g/mol. The third kappa shape index (κ3) is 3.55. The van der Waals surface area contributed by atoms with Crippen LogP contribution in [0.1, 0.15) is 15.9 Å². The van der Waals surface area contributed by atoms with Gasteiger partial charge in [0.25, 0.3) is 0 Å². The van der Waals surface area contributed by atoms with E-state index in [2.05, 4.69) is 9.80 Å². The summed E-state index contributed by atoms with van der Waals surface area (Å²) in [6.45, 7) is 5.68. The molecule has 1 aromatic rings. The number of carbonyl (C=O) groups is 1. The molecule has 1 saturated heterocycles. The zero-order chi connectivity index (χ0) is 13.8. The number of ether oxygens (including phenoxy) is 1. The first-order valence-electron chi connectivity index (χ1n) is 6.69. The quantitative estimate of drug-likeness (QED) is 0.771. The number of ketones is 1. The Bertz CT molecular complexity index is 451. The van der Waals surface area contributed by atoms with Crippen molar-refractivity contribution in [2.24, 2.45) is 0 Å². The van der Waals surface area contributed by atoms with Gasteiger partial charge in [-0.3, -0.25) is 9.69 Å². The highest BCUT2D eigenvalue weighted by Gasteiger charge is 2.16. The van der Waals surface area contributed by atoms with Gasteiger partial charge >= 0.3 is 0 Å². The van der Waals surface area contributed by atoms with Gasteiger partial charge in [-0.15, -0.1) is 0 Å². The number of carbonyl (C=O) groups excluding carboxylic acids is 1. The summed E-state index contributed by atoms with van der Waals surface area (Å²) in [5.41, 5.74) is 3.09. The topological polar surface area (TPSA) is 32.8 Å². The molecule has 0 aliphatic carbocycles. The van der Waals surface area contributed by atoms with Crippen molar-refractivity contribution in [2.75, 3.05) is 51.8 Å². The summed E-state index contributed by atoms with van der Waals surface area (Å²) in [5.74, 6) is 0.190. The Labute approximate surface area is 115 Å². The first-order chi connectivity index (χ1) is 9.08. The van der Waals surface area contributed by atoms with Gasteiger partial charge in [-0.25, -0.2) is 0 Å². The lowest BCUT2D eigenvalue weighted by Crippen LogP contribution is -2.39. The third-order valence-electron chi connectivity index (χ3n) is 3.47. The van der Waals surface area contributed by atoms with Gasteiger partial charge in [-0.2, -0.15) is 0 Å². The number of Topliss-reactive ketones (excluding diaryl/α,β-unsaturated/α-hetero) is 1. The molecule has 0 saturated carbocycles. The van der Waals surface area contributed by atoms with E-state index in [4.69, 9.17) is 4.74 Å². The maximum absolute atomic E-state index is 12.3. The molecule has 104 valence electrons. The van der Waals surface area contributed by atoms with Crippen molar-refractivity contribution >= 4 is 11.5 Å². The average Bonchev–Trinajstić information content (AvgIpc) is 2.39. The minimum atomic E-state index is 0.190. The molecule has 1 fully saturated rings. The number of hydrogen-bond donors (Lipinski definition) is 0. The van der Waals surface area contributed by atoms with Crippen LogP contribution in [0.3, 0.4) is 0 Å². The second-order valence-electron chi connectivity index (χ2n) is 5.21. The Kier molecular flexibility index (Phi) is 4.56. The molecule has 0 aromatic heterocycles. The predicted octanol–water partition coefficient (Wildman–Crippen LogP) is 1.58. The summed E-state index contributed by atoms with van der Waals surface area (Å²) in [4.78, 5) is 16.5. The van der Waals surface area contributed by atoms with E-state index in [1.807, 2.05) is 39.2 Å². The molecule has 0 N–H and O–H groups in total. The van der Waals surface area contributed by atoms with E-state index >= 15 is 0 Å². The minimum Gasteiger partial charge on any atom is -0.379 e. The highest BCUT2D eigenvalue weighted by molar-refractivity contribution is 5.98. The van der Waals surface area contributed by atoms with Gasteiger partial charge in [0.15, 0.2) is 5.78 Å². The van der Waals surface area contributed by atoms with Crippen molar-refractivity contribution in [3.8, 4) is 0 Å². The van der Waals surface area contributed by atoms with E-state index in [0.29, 0.717) is 6.54 Å². The zero-order valence-corrected chi connectivity index (χ0v) is 12.0. The molecular formula is C15H22N2O2. The second kappa shape index (κ2) is 6.17. The molecule has 0 unspecified atom stereocenters. The van der Waals surface area contributed by atoms with Crippen LogP contribution in [0, 0.1) is 6.92 Å². The van der Waals surface area contributed by atoms with Crippen LogP contribution < -0.4 is 4.90 Å². The molecule has 19 heavy (non-hydrogen) atoms. The fourth-order valence-electron chi connectivity index (χ4n) is 2.38. The lowest BCUT2D eigenvalue weighted by atomic mass is 10.1. The van der Waals surface area contributed by atoms with E-state index in [0.717, 1.165) is 43.1 Å². The number of rotatable bonds is 4. The maximum atomic E-state index is 12.3. The van der Waals surface area contributed by atoms with E-state index in [9.17, 15) is 4.79 Å². The number of hydrogen-bond acceptors (Lipinski definition) is 4. The number of anilines is 1. The number of morpholine rings is 1. The Morgan fingerprint density at radius 1 is 1.32 bits per heavy atom. The fourth-order valence-corrected chi connectivity index (χ4v) is 2.38. The number of nitrogens with zero attached hydrogens (tertiary/aromatic N) is 2. The molecule has 0 radical (unpaired) electrons. The summed E-state index contributed by atoms with van der Waals surface area (Å²) >= 11 is 0. The third-order valence-corrected chi connectivity index (χ3v) is 3.47. The van der Waals surface area contributed by atoms with Gasteiger partial charge in [0.05, 0.1) is 19.8 Å². The summed E-state index contributed by atoms with van der Waals surface area (Å²) < 4.78 is 5.29. The van der Waals surface area contributed by atoms with Gasteiger partial charge in [-0.05, 0) is 30.7 Å². The first kappa shape index (κ1) is 14.0. The van der Waals surface area contributed by atoms with Crippen molar-refractivity contribution in [1.29, 1.82) is 0 Å². The van der Waals surface area contributed by atoms with Gasteiger partial charge < -0.3 is 9.64 Å². The van der Waals surface area contributed by atoms with Crippen molar-refractivity contribution in [1.82, 2.24) is 4.90 Å². The molecule has 4 heteroatoms. The molecule has 2 rings (SSSR count). The van der Waals surface area contributed by atoms with Crippen molar-refractivity contribution in [2.45, 2.75) is 6.92 Å². The van der Waals surface area contributed by atoms with Crippen LogP contribution in [-0.2, 0) is 4.74 Å². The Morgan fingerprint density at radius 3 is 2.58 bits per heavy atom. The van der Waals surface area contributed by atoms with Crippen LogP contribution in [0.15, 0.2) is 18.2 Å². The molecule has 0 spiro atoms. The summed E-state index contributed by atoms with van der Waals surface area (Å²) in [7, 11) is 4.02. The van der Waals surface area contributed by atoms with Gasteiger partial charge in [0.2, 0.25) is 0 Å². The minimum absolute atomic E-state index is 0.190. The normalized spacial score (nSPS) is 16.4. The molecular weight excluding hydrogens is 240 g/mol. The molecule has 1 heterocycles. The SMILES string of the molecule is Cc1cc(C(=O)CN2CCOCC2)ccc1N(C)C. The van der Waals surface area contributed by atoms with Crippen LogP contribution in [0.25, 0.3) is 0 Å². The monoisotopic (exact) mass is 262 g/mol. The smallest absolute Gasteiger partial charge is 0.176 e. The van der Waals surface area contributed by atoms with Crippen LogP contribution in [0.5, 0.6) is 0 Å². The van der Waals surface area contributed by atoms with Crippen LogP contribution in [-0.4, -0.2) is 57.6 Å². The molecule has 0 bridgehead atoms. The van der Waals surface area contributed by atoms with E-state index in [1.165, 1.54) is 0 Å². The molecule has 1 aliphatic rings. The van der Waals surface area contributed by atoms with Gasteiger partial charge in [0.1, 0.15) is 0 Å². The lowest BCUT2D eigenvalue weighted by molar-refractivity contribution is 0.0371. The standard InChI is InChI=1S/C15H22N2O2/c1-12-10-13(4-5-14(12)16(2)3)15(18)11-17-6-8-19-9-7-17/h4-5,10H,6-9,11H2,1-3H3. The van der Waals surface area contributed by atoms with Crippen LogP contribution in [0.4, 0.5) is 5.69 Å². The Hall–Kier alpha value is -1.39. The van der Waals surface area contributed by atoms with Gasteiger partial charge in [-0.1, -0.05) is 0 Å². The highest BCUT2D eigenvalue weighted by Crippen LogP contribution is 2.19. The van der Waals surface area contributed by atoms with Gasteiger partial charge in [0, 0.05) is 38.4 Å². The zero-order valence-electron chi connectivity index (χ0n) is 12.0. The van der Waals surface area contributed by atoms with Crippen molar-refractivity contribution < 1.29 is 9.53 Å². The van der Waals surface area contributed by atoms with E-state index in [-0.39, 0.29) is 5.78 Å². The molecule has 0 atom stereocenters. The summed E-state index contributed by atoms with van der Waals surface area (Å²) in [6.07, 6.45) is 0. The van der Waals surface area contributed by atoms with Crippen LogP contribution in [0.2, 0.25) is 0 Å². The fraction of sp³-hybridized carbons (Fsp3) is 0.533. The van der Waals surface area contributed by atoms with Crippen LogP contribution >= 0.6 is 0 Å². The predicted molar refractivity (Wildman–Crippen MR) is 77.1 cm³/mol. The van der Waals surface area contributed by atoms with E-state index in [1.54, 1.807) is 0 Å². The highest BCUT2D eigenvalue weighted by atomic mass is 16.5. The maximum Gasteiger partial charge on any atom is 0.176 e. The van der Waals surface area contributed by atoms with E-state index < -0.39 is 0 Å². The molecule has 4 nitrogen and oxygen atoms in total. The summed E-state index contributed by atoms with van der Waals surface area (Å²) in [5, 5.41) is 0. The number of aryl methyl sites for hydroxylation is 1. The second-order valence-corrected chi connectivity index (χ2v) is 5.21. The summed E-state index contributed by atoms with van der Waals surface area (Å²) in [6, 6.07) is 5.92. The van der Waals surface area contributed by atoms with Crippen molar-refractivity contribution in [3.05, 3.63) is 29.3 Å². The Balaban J connectivity index is 2.04. The Morgan fingerprint density at radius 2 is 2.00 bits per heavy atom. The largest absolute Gasteiger partial charge is 0.379 e. The number of benzene rings is 1. The lowest BCUT2D eigenvalue weighted by Gasteiger charge is -2.26.